The standard InChI is InChI=1S/C20H29BrN4O/c1-4-6-18(24-11-9-14(3)22-10-12-24)19-23-17-8-7-15(21)13-16(17)20(26)25(19)5-2/h7-8,13-14,18,22H,4-6,9-12H2,1-3H3/t14-,18?/m1/s1. The van der Waals surface area contributed by atoms with E-state index in [4.69, 9.17) is 4.98 Å². The van der Waals surface area contributed by atoms with Gasteiger partial charge in [-0.15, -0.1) is 0 Å². The van der Waals surface area contributed by atoms with Gasteiger partial charge in [-0.1, -0.05) is 29.3 Å². The number of benzene rings is 1. The van der Waals surface area contributed by atoms with E-state index in [-0.39, 0.29) is 11.6 Å². The van der Waals surface area contributed by atoms with Gasteiger partial charge in [-0.25, -0.2) is 4.98 Å². The Morgan fingerprint density at radius 3 is 2.88 bits per heavy atom. The summed E-state index contributed by atoms with van der Waals surface area (Å²) >= 11 is 3.47. The highest BCUT2D eigenvalue weighted by atomic mass is 79.9. The van der Waals surface area contributed by atoms with E-state index in [0.29, 0.717) is 18.0 Å². The lowest BCUT2D eigenvalue weighted by molar-refractivity contribution is 0.184. The summed E-state index contributed by atoms with van der Waals surface area (Å²) in [4.78, 5) is 20.6. The average Bonchev–Trinajstić information content (AvgIpc) is 2.85. The molecule has 2 atom stereocenters. The molecule has 6 heteroatoms. The van der Waals surface area contributed by atoms with Crippen molar-refractivity contribution in [1.82, 2.24) is 19.8 Å². The maximum absolute atomic E-state index is 13.1. The molecule has 3 rings (SSSR count). The van der Waals surface area contributed by atoms with Crippen LogP contribution in [0.25, 0.3) is 10.9 Å². The zero-order chi connectivity index (χ0) is 18.7. The Hall–Kier alpha value is -1.24. The SMILES string of the molecule is CCCC(c1nc2ccc(Br)cc2c(=O)n1CC)N1CCN[C@H](C)CC1. The highest BCUT2D eigenvalue weighted by molar-refractivity contribution is 9.10. The van der Waals surface area contributed by atoms with Crippen molar-refractivity contribution in [2.24, 2.45) is 0 Å². The molecule has 0 radical (unpaired) electrons. The Balaban J connectivity index is 2.09. The number of nitrogens with zero attached hydrogens (tertiary/aromatic N) is 3. The molecule has 0 saturated carbocycles. The maximum atomic E-state index is 13.1. The van der Waals surface area contributed by atoms with Crippen LogP contribution in [0.5, 0.6) is 0 Å². The summed E-state index contributed by atoms with van der Waals surface area (Å²) in [5.41, 5.74) is 0.858. The molecule has 1 saturated heterocycles. The molecule has 5 nitrogen and oxygen atoms in total. The minimum Gasteiger partial charge on any atom is -0.313 e. The summed E-state index contributed by atoms with van der Waals surface area (Å²) in [7, 11) is 0. The summed E-state index contributed by atoms with van der Waals surface area (Å²) in [5, 5.41) is 4.25. The topological polar surface area (TPSA) is 50.2 Å². The van der Waals surface area contributed by atoms with Crippen LogP contribution in [0, 0.1) is 0 Å². The normalized spacial score (nSPS) is 20.2. The van der Waals surface area contributed by atoms with E-state index in [2.05, 4.69) is 40.0 Å². The molecule has 1 fully saturated rings. The molecule has 142 valence electrons. The van der Waals surface area contributed by atoms with Crippen molar-refractivity contribution >= 4 is 26.8 Å². The molecule has 1 aliphatic rings. The predicted octanol–water partition coefficient (Wildman–Crippen LogP) is 3.70. The second kappa shape index (κ2) is 8.63. The molecule has 1 N–H and O–H groups in total. The van der Waals surface area contributed by atoms with Crippen LogP contribution in [0.3, 0.4) is 0 Å². The van der Waals surface area contributed by atoms with E-state index in [9.17, 15) is 4.79 Å². The van der Waals surface area contributed by atoms with E-state index >= 15 is 0 Å². The molecular formula is C20H29BrN4O. The van der Waals surface area contributed by atoms with Gasteiger partial charge in [0.2, 0.25) is 0 Å². The van der Waals surface area contributed by atoms with E-state index < -0.39 is 0 Å². The first-order chi connectivity index (χ1) is 12.5. The van der Waals surface area contributed by atoms with Crippen molar-refractivity contribution < 1.29 is 0 Å². The highest BCUT2D eigenvalue weighted by Gasteiger charge is 2.26. The van der Waals surface area contributed by atoms with Gasteiger partial charge in [0.15, 0.2) is 0 Å². The summed E-state index contributed by atoms with van der Waals surface area (Å²) in [6, 6.07) is 6.51. The minimum absolute atomic E-state index is 0.0659. The third kappa shape index (κ3) is 4.02. The van der Waals surface area contributed by atoms with Crippen molar-refractivity contribution in [3.63, 3.8) is 0 Å². The molecule has 1 unspecified atom stereocenters. The number of aromatic nitrogens is 2. The Labute approximate surface area is 163 Å². The lowest BCUT2D eigenvalue weighted by Gasteiger charge is -2.31. The van der Waals surface area contributed by atoms with Gasteiger partial charge in [0.25, 0.3) is 5.56 Å². The molecule has 1 aliphatic heterocycles. The van der Waals surface area contributed by atoms with Gasteiger partial charge >= 0.3 is 0 Å². The van der Waals surface area contributed by atoms with Crippen LogP contribution in [-0.2, 0) is 6.54 Å². The fraction of sp³-hybridized carbons (Fsp3) is 0.600. The van der Waals surface area contributed by atoms with Crippen molar-refractivity contribution in [3.05, 3.63) is 38.9 Å². The lowest BCUT2D eigenvalue weighted by atomic mass is 10.1. The summed E-state index contributed by atoms with van der Waals surface area (Å²) in [5.74, 6) is 0.920. The predicted molar refractivity (Wildman–Crippen MR) is 111 cm³/mol. The van der Waals surface area contributed by atoms with Crippen molar-refractivity contribution in [2.75, 3.05) is 19.6 Å². The maximum Gasteiger partial charge on any atom is 0.261 e. The number of halogens is 1. The van der Waals surface area contributed by atoms with Gasteiger partial charge in [-0.3, -0.25) is 14.3 Å². The monoisotopic (exact) mass is 420 g/mol. The summed E-state index contributed by atoms with van der Waals surface area (Å²) < 4.78 is 2.79. The Kier molecular flexibility index (Phi) is 6.48. The molecule has 0 spiro atoms. The molecule has 1 aromatic heterocycles. The number of hydrogen-bond acceptors (Lipinski definition) is 4. The lowest BCUT2D eigenvalue weighted by Crippen LogP contribution is -2.37. The average molecular weight is 421 g/mol. The molecule has 2 aromatic rings. The third-order valence-corrected chi connectivity index (χ3v) is 5.80. The summed E-state index contributed by atoms with van der Waals surface area (Å²) in [6.07, 6.45) is 3.21. The first-order valence-electron chi connectivity index (χ1n) is 9.72. The van der Waals surface area contributed by atoms with Crippen molar-refractivity contribution in [1.29, 1.82) is 0 Å². The first-order valence-corrected chi connectivity index (χ1v) is 10.5. The largest absolute Gasteiger partial charge is 0.313 e. The van der Waals surface area contributed by atoms with Crippen molar-refractivity contribution in [2.45, 2.75) is 58.7 Å². The van der Waals surface area contributed by atoms with Gasteiger partial charge in [-0.2, -0.15) is 0 Å². The van der Waals surface area contributed by atoms with E-state index in [1.807, 2.05) is 29.7 Å². The van der Waals surface area contributed by atoms with Crippen LogP contribution in [0.1, 0.15) is 51.9 Å². The second-order valence-corrected chi connectivity index (χ2v) is 8.08. The molecule has 2 heterocycles. The van der Waals surface area contributed by atoms with E-state index in [0.717, 1.165) is 54.7 Å². The molecular weight excluding hydrogens is 392 g/mol. The van der Waals surface area contributed by atoms with Gasteiger partial charge in [0, 0.05) is 36.7 Å². The van der Waals surface area contributed by atoms with Gasteiger partial charge < -0.3 is 5.32 Å². The van der Waals surface area contributed by atoms with E-state index in [1.165, 1.54) is 0 Å². The number of rotatable bonds is 5. The van der Waals surface area contributed by atoms with Crippen LogP contribution in [0.15, 0.2) is 27.5 Å². The van der Waals surface area contributed by atoms with Crippen LogP contribution >= 0.6 is 15.9 Å². The zero-order valence-corrected chi connectivity index (χ0v) is 17.6. The van der Waals surface area contributed by atoms with Crippen LogP contribution in [0.2, 0.25) is 0 Å². The zero-order valence-electron chi connectivity index (χ0n) is 16.0. The molecule has 0 amide bonds. The number of hydrogen-bond donors (Lipinski definition) is 1. The quantitative estimate of drug-likeness (QED) is 0.800. The van der Waals surface area contributed by atoms with Crippen LogP contribution < -0.4 is 10.9 Å². The number of fused-ring (bicyclic) bond motifs is 1. The van der Waals surface area contributed by atoms with Gasteiger partial charge in [0.1, 0.15) is 5.82 Å². The van der Waals surface area contributed by atoms with Gasteiger partial charge in [-0.05, 0) is 44.9 Å². The Morgan fingerprint density at radius 2 is 2.15 bits per heavy atom. The summed E-state index contributed by atoms with van der Waals surface area (Å²) in [6.45, 7) is 10.1. The van der Waals surface area contributed by atoms with E-state index in [1.54, 1.807) is 0 Å². The van der Waals surface area contributed by atoms with Crippen LogP contribution in [0.4, 0.5) is 0 Å². The molecule has 26 heavy (non-hydrogen) atoms. The first kappa shape index (κ1) is 19.5. The highest BCUT2D eigenvalue weighted by Crippen LogP contribution is 2.27. The second-order valence-electron chi connectivity index (χ2n) is 7.17. The molecule has 1 aromatic carbocycles. The fourth-order valence-corrected chi connectivity index (χ4v) is 4.22. The third-order valence-electron chi connectivity index (χ3n) is 5.30. The number of nitrogens with one attached hydrogen (secondary N) is 1. The minimum atomic E-state index is 0.0659. The van der Waals surface area contributed by atoms with Gasteiger partial charge in [0.05, 0.1) is 16.9 Å². The Morgan fingerprint density at radius 1 is 1.35 bits per heavy atom. The van der Waals surface area contributed by atoms with Crippen LogP contribution in [-0.4, -0.2) is 40.1 Å². The fourth-order valence-electron chi connectivity index (χ4n) is 3.86. The molecule has 0 bridgehead atoms. The van der Waals surface area contributed by atoms with Crippen molar-refractivity contribution in [3.8, 4) is 0 Å². The Bertz CT molecular complexity index is 819. The smallest absolute Gasteiger partial charge is 0.261 e. The molecule has 0 aliphatic carbocycles.